The molecule has 0 aromatic carbocycles. The van der Waals surface area contributed by atoms with Gasteiger partial charge in [0.2, 0.25) is 0 Å². The SMILES string of the molecule is B[SH](C)(=O)CCO/C(C=N)=C/N. The minimum absolute atomic E-state index is 0.309. The van der Waals surface area contributed by atoms with E-state index in [0.29, 0.717) is 18.1 Å². The first-order valence-electron chi connectivity index (χ1n) is 3.59. The van der Waals surface area contributed by atoms with Gasteiger partial charge in [-0.15, -0.1) is 9.78 Å². The van der Waals surface area contributed by atoms with Crippen LogP contribution in [0.4, 0.5) is 0 Å². The van der Waals surface area contributed by atoms with Gasteiger partial charge in [0.05, 0.1) is 12.8 Å². The van der Waals surface area contributed by atoms with E-state index < -0.39 is 9.78 Å². The Morgan fingerprint density at radius 2 is 2.42 bits per heavy atom. The number of nitrogens with one attached hydrogen (secondary N) is 1. The summed E-state index contributed by atoms with van der Waals surface area (Å²) in [6.07, 6.45) is 3.94. The normalized spacial score (nSPS) is 13.9. The molecule has 0 spiro atoms. The average Bonchev–Trinajstić information content (AvgIpc) is 1.96. The fourth-order valence-corrected chi connectivity index (χ4v) is 1.05. The van der Waals surface area contributed by atoms with Crippen LogP contribution in [-0.4, -0.2) is 36.2 Å². The smallest absolute Gasteiger partial charge is 0.187 e. The van der Waals surface area contributed by atoms with Crippen molar-refractivity contribution in [2.45, 2.75) is 0 Å². The minimum Gasteiger partial charge on any atom is -0.490 e. The zero-order chi connectivity index (χ0) is 9.61. The molecular weight excluding hydrogens is 175 g/mol. The van der Waals surface area contributed by atoms with Crippen molar-refractivity contribution in [2.24, 2.45) is 5.73 Å². The quantitative estimate of drug-likeness (QED) is 0.217. The summed E-state index contributed by atoms with van der Waals surface area (Å²) in [6.45, 7) is 0.350. The predicted molar refractivity (Wildman–Crippen MR) is 55.9 cm³/mol. The third-order valence-electron chi connectivity index (χ3n) is 1.21. The summed E-state index contributed by atoms with van der Waals surface area (Å²) in [7, 11) is -0.310. The predicted octanol–water partition coefficient (Wildman–Crippen LogP) is -1.35. The molecule has 0 atom stereocenters. The number of ether oxygens (including phenoxy) is 1. The third-order valence-corrected chi connectivity index (χ3v) is 2.46. The number of rotatable bonds is 5. The van der Waals surface area contributed by atoms with Crippen LogP contribution < -0.4 is 5.73 Å². The van der Waals surface area contributed by atoms with Crippen LogP contribution in [0, 0.1) is 5.41 Å². The largest absolute Gasteiger partial charge is 0.490 e. The number of allylic oxidation sites excluding steroid dienone is 1. The Labute approximate surface area is 74.4 Å². The van der Waals surface area contributed by atoms with Crippen LogP contribution in [0.25, 0.3) is 0 Å². The van der Waals surface area contributed by atoms with E-state index in [1.807, 2.05) is 0 Å². The lowest BCUT2D eigenvalue weighted by Crippen LogP contribution is -2.18. The maximum absolute atomic E-state index is 11.2. The minimum atomic E-state index is -2.01. The van der Waals surface area contributed by atoms with E-state index >= 15 is 0 Å². The van der Waals surface area contributed by atoms with E-state index in [0.717, 1.165) is 6.21 Å². The second-order valence-electron chi connectivity index (χ2n) is 2.86. The molecule has 0 rings (SSSR count). The summed E-state index contributed by atoms with van der Waals surface area (Å²) in [5, 5.41) is 6.83. The molecule has 0 radical (unpaired) electrons. The summed E-state index contributed by atoms with van der Waals surface area (Å²) in [6, 6.07) is 0. The molecule has 4 nitrogen and oxygen atoms in total. The lowest BCUT2D eigenvalue weighted by molar-refractivity contribution is 0.252. The van der Waals surface area contributed by atoms with Crippen molar-refractivity contribution in [3.05, 3.63) is 12.0 Å². The summed E-state index contributed by atoms with van der Waals surface area (Å²) in [4.78, 5) is 0. The zero-order valence-electron chi connectivity index (χ0n) is 7.41. The van der Waals surface area contributed by atoms with Crippen molar-refractivity contribution >= 4 is 23.1 Å². The molecule has 12 heavy (non-hydrogen) atoms. The first-order valence-corrected chi connectivity index (χ1v) is 6.37. The number of nitrogens with two attached hydrogens (primary N) is 1. The second kappa shape index (κ2) is 4.98. The standard InChI is InChI=1S/C6H15BN2O2S/c1-12(7,10)3-2-11-6(4-8)5-9/h4-5,8,12H,2-3,7,9H2,1H3/b6-5+,8-4?. The monoisotopic (exact) mass is 190 g/mol. The van der Waals surface area contributed by atoms with Gasteiger partial charge in [0.15, 0.2) is 12.9 Å². The number of thiol groups is 1. The van der Waals surface area contributed by atoms with Gasteiger partial charge in [0, 0.05) is 12.0 Å². The molecule has 0 aliphatic heterocycles. The Balaban J connectivity index is 3.71. The van der Waals surface area contributed by atoms with E-state index in [1.165, 1.54) is 6.20 Å². The molecule has 3 N–H and O–H groups in total. The van der Waals surface area contributed by atoms with Gasteiger partial charge in [0.25, 0.3) is 0 Å². The molecular formula is C6H15BN2O2S. The van der Waals surface area contributed by atoms with Gasteiger partial charge in [-0.25, -0.2) is 0 Å². The van der Waals surface area contributed by atoms with Crippen LogP contribution in [0.15, 0.2) is 12.0 Å². The first-order chi connectivity index (χ1) is 5.49. The maximum atomic E-state index is 11.2. The van der Waals surface area contributed by atoms with Crippen LogP contribution in [-0.2, 0) is 14.5 Å². The molecule has 0 aromatic heterocycles. The molecule has 0 amide bonds. The molecule has 0 fully saturated rings. The summed E-state index contributed by atoms with van der Waals surface area (Å²) < 4.78 is 16.2. The maximum Gasteiger partial charge on any atom is 0.187 e. The highest BCUT2D eigenvalue weighted by molar-refractivity contribution is 8.21. The van der Waals surface area contributed by atoms with Crippen LogP contribution in [0.5, 0.6) is 0 Å². The Morgan fingerprint density at radius 3 is 2.75 bits per heavy atom. The fourth-order valence-electron chi connectivity index (χ4n) is 0.521. The number of hydrogen-bond donors (Lipinski definition) is 3. The molecule has 0 saturated heterocycles. The van der Waals surface area contributed by atoms with E-state index in [2.05, 4.69) is 0 Å². The van der Waals surface area contributed by atoms with Crippen molar-refractivity contribution in [1.82, 2.24) is 0 Å². The van der Waals surface area contributed by atoms with Crippen molar-refractivity contribution in [1.29, 1.82) is 5.41 Å². The van der Waals surface area contributed by atoms with Crippen molar-refractivity contribution in [2.75, 3.05) is 18.6 Å². The Morgan fingerprint density at radius 1 is 1.83 bits per heavy atom. The highest BCUT2D eigenvalue weighted by atomic mass is 32.2. The van der Waals surface area contributed by atoms with Crippen LogP contribution in [0.3, 0.4) is 0 Å². The second-order valence-corrected chi connectivity index (χ2v) is 6.45. The number of hydrogen-bond acceptors (Lipinski definition) is 4. The van der Waals surface area contributed by atoms with Crippen LogP contribution >= 0.6 is 0 Å². The van der Waals surface area contributed by atoms with Crippen LogP contribution in [0.1, 0.15) is 0 Å². The molecule has 0 heterocycles. The van der Waals surface area contributed by atoms with E-state index in [1.54, 1.807) is 13.4 Å². The Hall–Kier alpha value is -0.775. The molecule has 0 bridgehead atoms. The van der Waals surface area contributed by atoms with Gasteiger partial charge in [-0.2, -0.15) is 0 Å². The third kappa shape index (κ3) is 5.97. The topological polar surface area (TPSA) is 76.2 Å². The van der Waals surface area contributed by atoms with Gasteiger partial charge in [-0.05, 0) is 6.26 Å². The van der Waals surface area contributed by atoms with Crippen molar-refractivity contribution < 1.29 is 8.95 Å². The summed E-state index contributed by atoms with van der Waals surface area (Å²) in [5.41, 5.74) is 5.13. The van der Waals surface area contributed by atoms with Crippen molar-refractivity contribution in [3.63, 3.8) is 0 Å². The molecule has 0 aliphatic rings. The van der Waals surface area contributed by atoms with Gasteiger partial charge < -0.3 is 15.9 Å². The molecule has 0 aromatic rings. The van der Waals surface area contributed by atoms with Crippen molar-refractivity contribution in [3.8, 4) is 0 Å². The van der Waals surface area contributed by atoms with Gasteiger partial charge in [-0.1, -0.05) is 0 Å². The van der Waals surface area contributed by atoms with E-state index in [9.17, 15) is 4.21 Å². The van der Waals surface area contributed by atoms with Crippen LogP contribution in [0.2, 0.25) is 0 Å². The molecule has 0 aliphatic carbocycles. The highest BCUT2D eigenvalue weighted by Crippen LogP contribution is 1.95. The lowest BCUT2D eigenvalue weighted by Gasteiger charge is -2.11. The molecule has 0 unspecified atom stereocenters. The summed E-state index contributed by atoms with van der Waals surface area (Å²) >= 11 is 0. The molecule has 6 heteroatoms. The fraction of sp³-hybridized carbons (Fsp3) is 0.500. The van der Waals surface area contributed by atoms with Gasteiger partial charge in [0.1, 0.15) is 0 Å². The Bertz CT molecular complexity index is 224. The lowest BCUT2D eigenvalue weighted by atomic mass is 10.6. The van der Waals surface area contributed by atoms with E-state index in [4.69, 9.17) is 15.9 Å². The van der Waals surface area contributed by atoms with Gasteiger partial charge in [-0.3, -0.25) is 4.21 Å². The molecule has 70 valence electrons. The van der Waals surface area contributed by atoms with Gasteiger partial charge >= 0.3 is 0 Å². The zero-order valence-corrected chi connectivity index (χ0v) is 8.30. The summed E-state index contributed by atoms with van der Waals surface area (Å²) in [5.74, 6) is 0.821. The highest BCUT2D eigenvalue weighted by Gasteiger charge is 2.01. The van der Waals surface area contributed by atoms with E-state index in [-0.39, 0.29) is 0 Å². The average molecular weight is 190 g/mol. The first kappa shape index (κ1) is 11.2. The Kier molecular flexibility index (Phi) is 4.65. The molecule has 0 saturated carbocycles.